The SMILES string of the molecule is CS(=O)(=O)N1CCC(C(=O)Nc2sc3c(c2-c2nc4ccccc4s2)CCCC3)CC1. The first-order chi connectivity index (χ1) is 14.9. The van der Waals surface area contributed by atoms with Crippen molar-refractivity contribution in [1.29, 1.82) is 0 Å². The first-order valence-electron chi connectivity index (χ1n) is 10.7. The summed E-state index contributed by atoms with van der Waals surface area (Å²) < 4.78 is 26.1. The smallest absolute Gasteiger partial charge is 0.228 e. The van der Waals surface area contributed by atoms with Crippen LogP contribution in [-0.2, 0) is 27.7 Å². The van der Waals surface area contributed by atoms with Crippen LogP contribution >= 0.6 is 22.7 Å². The minimum absolute atomic E-state index is 0.00545. The molecule has 1 aliphatic heterocycles. The summed E-state index contributed by atoms with van der Waals surface area (Å²) in [6.07, 6.45) is 6.78. The van der Waals surface area contributed by atoms with Gasteiger partial charge < -0.3 is 5.32 Å². The standard InChI is InChI=1S/C22H25N3O3S3/c1-31(27,28)25-12-10-14(11-13-25)20(26)24-22-19(15-6-2-4-8-17(15)29-22)21-23-16-7-3-5-9-18(16)30-21/h3,5,7,9,14H,2,4,6,8,10-13H2,1H3,(H,24,26). The number of carbonyl (C=O) groups excluding carboxylic acids is 1. The molecule has 164 valence electrons. The number of thiophene rings is 1. The van der Waals surface area contributed by atoms with Gasteiger partial charge in [-0.3, -0.25) is 4.79 Å². The zero-order valence-corrected chi connectivity index (χ0v) is 19.8. The maximum absolute atomic E-state index is 13.1. The van der Waals surface area contributed by atoms with Crippen molar-refractivity contribution >= 4 is 53.8 Å². The van der Waals surface area contributed by atoms with Crippen molar-refractivity contribution in [3.8, 4) is 10.6 Å². The fraction of sp³-hybridized carbons (Fsp3) is 0.455. The largest absolute Gasteiger partial charge is 0.317 e. The third kappa shape index (κ3) is 4.16. The molecule has 1 fully saturated rings. The van der Waals surface area contributed by atoms with Crippen LogP contribution in [0.2, 0.25) is 0 Å². The van der Waals surface area contributed by atoms with Crippen LogP contribution in [0.1, 0.15) is 36.1 Å². The number of nitrogens with zero attached hydrogens (tertiary/aromatic N) is 2. The predicted molar refractivity (Wildman–Crippen MR) is 127 cm³/mol. The number of piperidine rings is 1. The van der Waals surface area contributed by atoms with Gasteiger partial charge in [0.2, 0.25) is 15.9 Å². The average Bonchev–Trinajstić information content (AvgIpc) is 3.33. The molecule has 5 rings (SSSR count). The van der Waals surface area contributed by atoms with Gasteiger partial charge in [0.25, 0.3) is 0 Å². The Hall–Kier alpha value is -1.81. The lowest BCUT2D eigenvalue weighted by molar-refractivity contribution is -0.120. The van der Waals surface area contributed by atoms with E-state index in [-0.39, 0.29) is 11.8 Å². The maximum Gasteiger partial charge on any atom is 0.228 e. The van der Waals surface area contributed by atoms with Crippen LogP contribution in [0.5, 0.6) is 0 Å². The van der Waals surface area contributed by atoms with Crippen LogP contribution in [-0.4, -0.2) is 43.0 Å². The monoisotopic (exact) mass is 475 g/mol. The summed E-state index contributed by atoms with van der Waals surface area (Å²) in [6, 6.07) is 8.14. The molecule has 3 heterocycles. The molecular weight excluding hydrogens is 450 g/mol. The van der Waals surface area contributed by atoms with Gasteiger partial charge in [-0.15, -0.1) is 22.7 Å². The van der Waals surface area contributed by atoms with E-state index >= 15 is 0 Å². The number of hydrogen-bond donors (Lipinski definition) is 1. The lowest BCUT2D eigenvalue weighted by atomic mass is 9.95. The van der Waals surface area contributed by atoms with E-state index in [4.69, 9.17) is 4.98 Å². The van der Waals surface area contributed by atoms with Gasteiger partial charge in [-0.25, -0.2) is 17.7 Å². The molecule has 2 aromatic heterocycles. The highest BCUT2D eigenvalue weighted by Gasteiger charge is 2.31. The Kier molecular flexibility index (Phi) is 5.62. The Morgan fingerprint density at radius 2 is 1.87 bits per heavy atom. The second-order valence-corrected chi connectivity index (χ2v) is 12.4. The number of para-hydroxylation sites is 1. The minimum Gasteiger partial charge on any atom is -0.317 e. The average molecular weight is 476 g/mol. The summed E-state index contributed by atoms with van der Waals surface area (Å²) in [7, 11) is -3.19. The van der Waals surface area contributed by atoms with Crippen molar-refractivity contribution in [1.82, 2.24) is 9.29 Å². The molecule has 1 amide bonds. The number of anilines is 1. The molecular formula is C22H25N3O3S3. The molecule has 0 radical (unpaired) electrons. The molecule has 6 nitrogen and oxygen atoms in total. The Morgan fingerprint density at radius 1 is 1.13 bits per heavy atom. The summed E-state index contributed by atoms with van der Waals surface area (Å²) in [5.74, 6) is -0.172. The van der Waals surface area contributed by atoms with Gasteiger partial charge >= 0.3 is 0 Å². The second kappa shape index (κ2) is 8.27. The second-order valence-electron chi connectivity index (χ2n) is 8.33. The van der Waals surface area contributed by atoms with Gasteiger partial charge in [0.05, 0.1) is 16.5 Å². The number of aryl methyl sites for hydroxylation is 1. The number of aromatic nitrogens is 1. The fourth-order valence-corrected chi connectivity index (χ4v) is 7.80. The van der Waals surface area contributed by atoms with Crippen molar-refractivity contribution in [2.24, 2.45) is 5.92 Å². The van der Waals surface area contributed by atoms with Gasteiger partial charge in [-0.2, -0.15) is 0 Å². The van der Waals surface area contributed by atoms with Crippen LogP contribution in [0.15, 0.2) is 24.3 Å². The number of thiazole rings is 1. The van der Waals surface area contributed by atoms with Crippen LogP contribution in [0.4, 0.5) is 5.00 Å². The van der Waals surface area contributed by atoms with Crippen molar-refractivity contribution < 1.29 is 13.2 Å². The first-order valence-corrected chi connectivity index (χ1v) is 14.1. The third-order valence-corrected chi connectivity index (χ3v) is 9.77. The Morgan fingerprint density at radius 3 is 2.61 bits per heavy atom. The summed E-state index contributed by atoms with van der Waals surface area (Å²) >= 11 is 3.37. The Bertz CT molecular complexity index is 1200. The van der Waals surface area contributed by atoms with Gasteiger partial charge in [-0.1, -0.05) is 12.1 Å². The van der Waals surface area contributed by atoms with Gasteiger partial charge in [0.15, 0.2) is 0 Å². The Labute approximate surface area is 190 Å². The lowest BCUT2D eigenvalue weighted by Crippen LogP contribution is -2.40. The molecule has 1 aromatic carbocycles. The van der Waals surface area contributed by atoms with Crippen molar-refractivity contribution in [3.63, 3.8) is 0 Å². The predicted octanol–water partition coefficient (Wildman–Crippen LogP) is 4.51. The number of sulfonamides is 1. The van der Waals surface area contributed by atoms with E-state index in [9.17, 15) is 13.2 Å². The third-order valence-electron chi connectivity index (χ3n) is 6.21. The van der Waals surface area contributed by atoms with Crippen LogP contribution in [0, 0.1) is 5.92 Å². The molecule has 1 N–H and O–H groups in total. The zero-order chi connectivity index (χ0) is 21.6. The summed E-state index contributed by atoms with van der Waals surface area (Å²) in [5.41, 5.74) is 3.43. The molecule has 3 aromatic rings. The molecule has 1 saturated heterocycles. The molecule has 1 aliphatic carbocycles. The minimum atomic E-state index is -3.19. The number of fused-ring (bicyclic) bond motifs is 2. The summed E-state index contributed by atoms with van der Waals surface area (Å²) in [5, 5.41) is 5.09. The lowest BCUT2D eigenvalue weighted by Gasteiger charge is -2.29. The van der Waals surface area contributed by atoms with Gasteiger partial charge in [0, 0.05) is 29.4 Å². The quantitative estimate of drug-likeness (QED) is 0.602. The number of amides is 1. The topological polar surface area (TPSA) is 79.4 Å². The number of carbonyl (C=O) groups is 1. The number of rotatable bonds is 4. The molecule has 2 aliphatic rings. The summed E-state index contributed by atoms with van der Waals surface area (Å²) in [4.78, 5) is 19.3. The maximum atomic E-state index is 13.1. The highest BCUT2D eigenvalue weighted by atomic mass is 32.2. The molecule has 0 spiro atoms. The number of nitrogens with one attached hydrogen (secondary N) is 1. The Balaban J connectivity index is 1.43. The van der Waals surface area contributed by atoms with E-state index in [0.717, 1.165) is 38.6 Å². The van der Waals surface area contributed by atoms with Crippen molar-refractivity contribution in [2.45, 2.75) is 38.5 Å². The first kappa shape index (κ1) is 21.1. The van der Waals surface area contributed by atoms with E-state index in [2.05, 4.69) is 11.4 Å². The zero-order valence-electron chi connectivity index (χ0n) is 17.4. The normalized spacial score (nSPS) is 18.2. The molecule has 0 atom stereocenters. The van der Waals surface area contributed by atoms with Crippen LogP contribution in [0.3, 0.4) is 0 Å². The van der Waals surface area contributed by atoms with E-state index < -0.39 is 10.0 Å². The number of benzene rings is 1. The van der Waals surface area contributed by atoms with Gasteiger partial charge in [0.1, 0.15) is 10.0 Å². The van der Waals surface area contributed by atoms with Crippen LogP contribution in [0.25, 0.3) is 20.8 Å². The van der Waals surface area contributed by atoms with E-state index in [1.807, 2.05) is 18.2 Å². The highest BCUT2D eigenvalue weighted by Crippen LogP contribution is 2.46. The van der Waals surface area contributed by atoms with Crippen LogP contribution < -0.4 is 5.32 Å². The molecule has 0 unspecified atom stereocenters. The summed E-state index contributed by atoms with van der Waals surface area (Å²) in [6.45, 7) is 0.811. The van der Waals surface area contributed by atoms with E-state index in [0.29, 0.717) is 25.9 Å². The van der Waals surface area contributed by atoms with Crippen molar-refractivity contribution in [2.75, 3.05) is 24.7 Å². The molecule has 9 heteroatoms. The molecule has 0 saturated carbocycles. The molecule has 0 bridgehead atoms. The fourth-order valence-electron chi connectivity index (χ4n) is 4.52. The van der Waals surface area contributed by atoms with E-state index in [1.165, 1.54) is 33.8 Å². The number of hydrogen-bond acceptors (Lipinski definition) is 6. The van der Waals surface area contributed by atoms with E-state index in [1.54, 1.807) is 22.7 Å². The van der Waals surface area contributed by atoms with Crippen molar-refractivity contribution in [3.05, 3.63) is 34.7 Å². The highest BCUT2D eigenvalue weighted by molar-refractivity contribution is 7.88. The van der Waals surface area contributed by atoms with Gasteiger partial charge in [-0.05, 0) is 56.2 Å². The molecule has 31 heavy (non-hydrogen) atoms.